The van der Waals surface area contributed by atoms with E-state index in [0.29, 0.717) is 13.2 Å². The fourth-order valence-electron chi connectivity index (χ4n) is 1.62. The number of hydrogen-bond acceptors (Lipinski definition) is 1. The number of rotatable bonds is 5. The van der Waals surface area contributed by atoms with Crippen LogP contribution in [0.4, 0.5) is 0 Å². The van der Waals surface area contributed by atoms with Crippen LogP contribution in [-0.4, -0.2) is 0 Å². The van der Waals surface area contributed by atoms with Gasteiger partial charge >= 0.3 is 0 Å². The van der Waals surface area contributed by atoms with Gasteiger partial charge < -0.3 is 4.74 Å². The first-order valence-corrected chi connectivity index (χ1v) is 6.89. The molecule has 0 aromatic heterocycles. The summed E-state index contributed by atoms with van der Waals surface area (Å²) in [5.41, 5.74) is 3.53. The summed E-state index contributed by atoms with van der Waals surface area (Å²) >= 11 is 2.30. The highest BCUT2D eigenvalue weighted by molar-refractivity contribution is 14.1. The van der Waals surface area contributed by atoms with Crippen LogP contribution in [0.15, 0.2) is 55.1 Å². The van der Waals surface area contributed by atoms with Crippen molar-refractivity contribution in [2.75, 3.05) is 0 Å². The van der Waals surface area contributed by atoms with Crippen LogP contribution in [0.3, 0.4) is 0 Å². The van der Waals surface area contributed by atoms with Gasteiger partial charge in [0.2, 0.25) is 0 Å². The molecule has 0 bridgehead atoms. The molecule has 0 heterocycles. The molecule has 2 aromatic carbocycles. The first-order valence-electron chi connectivity index (χ1n) is 5.81. The second-order valence-electron chi connectivity index (χ2n) is 4.06. The van der Waals surface area contributed by atoms with Gasteiger partial charge in [0.1, 0.15) is 0 Å². The standard InChI is InChI=1S/C16H15IO/c1-2-13-3-5-14(6-4-13)11-18-12-15-7-9-16(17)10-8-15/h2-10H,1,11-12H2. The SMILES string of the molecule is C=Cc1ccc(COCc2ccc(I)cc2)cc1. The fourth-order valence-corrected chi connectivity index (χ4v) is 1.98. The number of ether oxygens (including phenoxy) is 1. The van der Waals surface area contributed by atoms with Gasteiger partial charge in [0.05, 0.1) is 13.2 Å². The summed E-state index contributed by atoms with van der Waals surface area (Å²) < 4.78 is 6.94. The first kappa shape index (κ1) is 13.3. The molecule has 0 N–H and O–H groups in total. The molecular formula is C16H15IO. The third kappa shape index (κ3) is 3.96. The van der Waals surface area contributed by atoms with E-state index < -0.39 is 0 Å². The maximum atomic E-state index is 5.69. The number of hydrogen-bond donors (Lipinski definition) is 0. The smallest absolute Gasteiger partial charge is 0.0721 e. The van der Waals surface area contributed by atoms with Gasteiger partial charge in [0, 0.05) is 3.57 Å². The van der Waals surface area contributed by atoms with Crippen molar-refractivity contribution in [2.45, 2.75) is 13.2 Å². The van der Waals surface area contributed by atoms with Crippen LogP contribution >= 0.6 is 22.6 Å². The molecule has 0 aliphatic rings. The van der Waals surface area contributed by atoms with Crippen molar-refractivity contribution in [1.29, 1.82) is 0 Å². The van der Waals surface area contributed by atoms with Crippen molar-refractivity contribution in [2.24, 2.45) is 0 Å². The average Bonchev–Trinajstić information content (AvgIpc) is 2.42. The monoisotopic (exact) mass is 350 g/mol. The Morgan fingerprint density at radius 3 is 1.89 bits per heavy atom. The van der Waals surface area contributed by atoms with Crippen LogP contribution in [0.1, 0.15) is 16.7 Å². The second kappa shape index (κ2) is 6.71. The van der Waals surface area contributed by atoms with E-state index in [0.717, 1.165) is 5.56 Å². The molecule has 0 atom stereocenters. The summed E-state index contributed by atoms with van der Waals surface area (Å²) in [6.45, 7) is 5.03. The molecule has 2 rings (SSSR count). The van der Waals surface area contributed by atoms with Gasteiger partial charge in [-0.3, -0.25) is 0 Å². The summed E-state index contributed by atoms with van der Waals surface area (Å²) in [5, 5.41) is 0. The number of benzene rings is 2. The lowest BCUT2D eigenvalue weighted by atomic mass is 10.1. The highest BCUT2D eigenvalue weighted by atomic mass is 127. The molecule has 0 aliphatic heterocycles. The molecule has 2 aromatic rings. The predicted octanol–water partition coefficient (Wildman–Crippen LogP) is 4.65. The molecule has 0 amide bonds. The first-order chi connectivity index (χ1) is 8.78. The van der Waals surface area contributed by atoms with E-state index in [1.54, 1.807) is 0 Å². The predicted molar refractivity (Wildman–Crippen MR) is 84.2 cm³/mol. The lowest BCUT2D eigenvalue weighted by Crippen LogP contribution is -1.94. The third-order valence-corrected chi connectivity index (χ3v) is 3.39. The molecule has 0 saturated carbocycles. The zero-order valence-electron chi connectivity index (χ0n) is 10.1. The second-order valence-corrected chi connectivity index (χ2v) is 5.31. The Bertz CT molecular complexity index is 500. The largest absolute Gasteiger partial charge is 0.372 e. The highest BCUT2D eigenvalue weighted by Gasteiger charge is 1.96. The van der Waals surface area contributed by atoms with Crippen molar-refractivity contribution < 1.29 is 4.74 Å². The van der Waals surface area contributed by atoms with Crippen molar-refractivity contribution in [1.82, 2.24) is 0 Å². The van der Waals surface area contributed by atoms with E-state index in [2.05, 4.69) is 77.7 Å². The van der Waals surface area contributed by atoms with Gasteiger partial charge in [-0.1, -0.05) is 49.1 Å². The minimum atomic E-state index is 0.642. The Morgan fingerprint density at radius 2 is 1.39 bits per heavy atom. The van der Waals surface area contributed by atoms with Gasteiger partial charge in [-0.2, -0.15) is 0 Å². The molecule has 0 fully saturated rings. The van der Waals surface area contributed by atoms with E-state index in [1.165, 1.54) is 14.7 Å². The van der Waals surface area contributed by atoms with Crippen LogP contribution in [0.2, 0.25) is 0 Å². The topological polar surface area (TPSA) is 9.23 Å². The van der Waals surface area contributed by atoms with Crippen molar-refractivity contribution >= 4 is 28.7 Å². The Morgan fingerprint density at radius 1 is 0.889 bits per heavy atom. The highest BCUT2D eigenvalue weighted by Crippen LogP contribution is 2.10. The summed E-state index contributed by atoms with van der Waals surface area (Å²) in [6.07, 6.45) is 1.84. The van der Waals surface area contributed by atoms with E-state index in [1.807, 2.05) is 6.08 Å². The molecule has 18 heavy (non-hydrogen) atoms. The van der Waals surface area contributed by atoms with Crippen LogP contribution in [-0.2, 0) is 18.0 Å². The Labute approximate surface area is 122 Å². The Hall–Kier alpha value is -1.13. The molecule has 0 saturated heterocycles. The maximum absolute atomic E-state index is 5.69. The average molecular weight is 350 g/mol. The van der Waals surface area contributed by atoms with Crippen LogP contribution in [0.5, 0.6) is 0 Å². The van der Waals surface area contributed by atoms with E-state index >= 15 is 0 Å². The summed E-state index contributed by atoms with van der Waals surface area (Å²) in [4.78, 5) is 0. The fraction of sp³-hybridized carbons (Fsp3) is 0.125. The molecule has 0 aliphatic carbocycles. The van der Waals surface area contributed by atoms with Gasteiger partial charge in [0.25, 0.3) is 0 Å². The van der Waals surface area contributed by atoms with E-state index in [9.17, 15) is 0 Å². The molecular weight excluding hydrogens is 335 g/mol. The molecule has 0 unspecified atom stereocenters. The van der Waals surface area contributed by atoms with Crippen LogP contribution in [0, 0.1) is 3.57 Å². The summed E-state index contributed by atoms with van der Waals surface area (Å²) in [6, 6.07) is 16.6. The lowest BCUT2D eigenvalue weighted by Gasteiger charge is -2.05. The van der Waals surface area contributed by atoms with Crippen molar-refractivity contribution in [3.63, 3.8) is 0 Å². The van der Waals surface area contributed by atoms with E-state index in [4.69, 9.17) is 4.74 Å². The van der Waals surface area contributed by atoms with Gasteiger partial charge in [0.15, 0.2) is 0 Å². The maximum Gasteiger partial charge on any atom is 0.0721 e. The van der Waals surface area contributed by atoms with Gasteiger partial charge in [-0.15, -0.1) is 0 Å². The minimum Gasteiger partial charge on any atom is -0.372 e. The minimum absolute atomic E-state index is 0.642. The van der Waals surface area contributed by atoms with Crippen molar-refractivity contribution in [3.8, 4) is 0 Å². The lowest BCUT2D eigenvalue weighted by molar-refractivity contribution is 0.107. The molecule has 2 heteroatoms. The number of halogens is 1. The third-order valence-electron chi connectivity index (χ3n) is 2.67. The van der Waals surface area contributed by atoms with Crippen molar-refractivity contribution in [3.05, 3.63) is 75.4 Å². The van der Waals surface area contributed by atoms with Crippen LogP contribution < -0.4 is 0 Å². The quantitative estimate of drug-likeness (QED) is 0.714. The van der Waals surface area contributed by atoms with Crippen LogP contribution in [0.25, 0.3) is 6.08 Å². The molecule has 92 valence electrons. The van der Waals surface area contributed by atoms with E-state index in [-0.39, 0.29) is 0 Å². The summed E-state index contributed by atoms with van der Waals surface area (Å²) in [5.74, 6) is 0. The van der Waals surface area contributed by atoms with Gasteiger partial charge in [-0.25, -0.2) is 0 Å². The molecule has 0 spiro atoms. The van der Waals surface area contributed by atoms with Gasteiger partial charge in [-0.05, 0) is 51.4 Å². The molecule has 1 nitrogen and oxygen atoms in total. The zero-order chi connectivity index (χ0) is 12.8. The Balaban J connectivity index is 1.84. The molecule has 0 radical (unpaired) electrons. The summed E-state index contributed by atoms with van der Waals surface area (Å²) in [7, 11) is 0. The normalized spacial score (nSPS) is 10.3. The Kier molecular flexibility index (Phi) is 4.96. The zero-order valence-corrected chi connectivity index (χ0v) is 12.3.